The van der Waals surface area contributed by atoms with Crippen LogP contribution in [0.15, 0.2) is 5.11 Å². The molecular formula is C41H69N3O8. The molecule has 2 rings (SSSR count). The van der Waals surface area contributed by atoms with E-state index in [4.69, 9.17) is 29.2 Å². The number of hydrogen-bond acceptors (Lipinski definition) is 8. The molecule has 52 heavy (non-hydrogen) atoms. The zero-order valence-corrected chi connectivity index (χ0v) is 33.6. The highest BCUT2D eigenvalue weighted by molar-refractivity contribution is 5.85. The van der Waals surface area contributed by atoms with Gasteiger partial charge in [0.25, 0.3) is 0 Å². The number of carboxylic acids is 1. The van der Waals surface area contributed by atoms with Gasteiger partial charge in [0.1, 0.15) is 18.0 Å². The quantitative estimate of drug-likeness (QED) is 0.0294. The first-order chi connectivity index (χ1) is 24.8. The topological polar surface area (TPSA) is 149 Å². The molecule has 0 saturated heterocycles. The van der Waals surface area contributed by atoms with E-state index in [-0.39, 0.29) is 31.8 Å². The smallest absolute Gasteiger partial charge is 0.314 e. The molecule has 0 saturated carbocycles. The highest BCUT2D eigenvalue weighted by Gasteiger charge is 2.37. The van der Waals surface area contributed by atoms with Crippen LogP contribution < -0.4 is 4.74 Å². The first-order valence-corrected chi connectivity index (χ1v) is 19.7. The van der Waals surface area contributed by atoms with E-state index in [9.17, 15) is 14.7 Å². The van der Waals surface area contributed by atoms with Crippen molar-refractivity contribution < 1.29 is 38.4 Å². The van der Waals surface area contributed by atoms with Crippen LogP contribution in [-0.2, 0) is 35.0 Å². The van der Waals surface area contributed by atoms with Gasteiger partial charge in [0, 0.05) is 11.5 Å². The second-order valence-corrected chi connectivity index (χ2v) is 15.6. The second kappa shape index (κ2) is 24.5. The fourth-order valence-corrected chi connectivity index (χ4v) is 7.31. The van der Waals surface area contributed by atoms with Crippen molar-refractivity contribution in [1.82, 2.24) is 0 Å². The molecule has 0 radical (unpaired) electrons. The lowest BCUT2D eigenvalue weighted by atomic mass is 9.79. The van der Waals surface area contributed by atoms with Gasteiger partial charge in [0.15, 0.2) is 0 Å². The zero-order chi connectivity index (χ0) is 38.5. The second-order valence-electron chi connectivity index (χ2n) is 15.6. The Morgan fingerprint density at radius 3 is 1.96 bits per heavy atom. The normalized spacial score (nSPS) is 17.2. The summed E-state index contributed by atoms with van der Waals surface area (Å²) in [5.41, 5.74) is 12.5. The van der Waals surface area contributed by atoms with Crippen LogP contribution in [0, 0.1) is 38.5 Å². The Bertz CT molecular complexity index is 1280. The Labute approximate surface area is 313 Å². The van der Waals surface area contributed by atoms with Gasteiger partial charge in [-0.05, 0) is 104 Å². The summed E-state index contributed by atoms with van der Waals surface area (Å²) in [5.74, 6) is 0.672. The van der Waals surface area contributed by atoms with Gasteiger partial charge in [-0.2, -0.15) is 0 Å². The van der Waals surface area contributed by atoms with Crippen LogP contribution in [0.4, 0.5) is 0 Å². The summed E-state index contributed by atoms with van der Waals surface area (Å²) in [6, 6.07) is 0. The monoisotopic (exact) mass is 732 g/mol. The van der Waals surface area contributed by atoms with Gasteiger partial charge < -0.3 is 28.8 Å². The van der Waals surface area contributed by atoms with Crippen molar-refractivity contribution in [2.24, 2.45) is 22.9 Å². The third-order valence-electron chi connectivity index (χ3n) is 10.6. The predicted molar refractivity (Wildman–Crippen MR) is 205 cm³/mol. The van der Waals surface area contributed by atoms with Crippen LogP contribution in [0.3, 0.4) is 0 Å². The number of benzene rings is 1. The van der Waals surface area contributed by atoms with Crippen LogP contribution in [-0.4, -0.2) is 75.4 Å². The summed E-state index contributed by atoms with van der Waals surface area (Å²) in [6.07, 6.45) is 12.7. The van der Waals surface area contributed by atoms with E-state index in [0.29, 0.717) is 39.0 Å². The number of azide groups is 1. The number of rotatable bonds is 28. The molecule has 1 aliphatic heterocycles. The van der Waals surface area contributed by atoms with Crippen molar-refractivity contribution >= 4 is 11.9 Å². The maximum Gasteiger partial charge on any atom is 0.314 e. The van der Waals surface area contributed by atoms with Gasteiger partial charge in [-0.3, -0.25) is 9.59 Å². The number of hydrogen-bond donors (Lipinski definition) is 1. The zero-order valence-electron chi connectivity index (χ0n) is 33.6. The van der Waals surface area contributed by atoms with Gasteiger partial charge in [-0.25, -0.2) is 0 Å². The first-order valence-electron chi connectivity index (χ1n) is 19.7. The molecule has 296 valence electrons. The van der Waals surface area contributed by atoms with Gasteiger partial charge >= 0.3 is 11.9 Å². The molecule has 0 aliphatic carbocycles. The first kappa shape index (κ1) is 45.3. The maximum atomic E-state index is 13.4. The van der Waals surface area contributed by atoms with Crippen molar-refractivity contribution in [2.75, 3.05) is 52.8 Å². The highest BCUT2D eigenvalue weighted by Crippen LogP contribution is 2.45. The minimum Gasteiger partial charge on any atom is -0.487 e. The lowest BCUT2D eigenvalue weighted by Gasteiger charge is -2.39. The van der Waals surface area contributed by atoms with Crippen LogP contribution in [0.2, 0.25) is 0 Å². The number of carbonyl (C=O) groups is 2. The Hall–Kier alpha value is -2.85. The molecule has 0 amide bonds. The Morgan fingerprint density at radius 2 is 1.38 bits per heavy atom. The lowest BCUT2D eigenvalue weighted by molar-refractivity contribution is -0.151. The molecule has 11 heteroatoms. The fourth-order valence-electron chi connectivity index (χ4n) is 7.31. The standard InChI is InChI=1S/C41H69N3O8/c1-29(2)12-9-13-30(3)14-10-15-31(4)16-11-18-41(8)19-17-35-34(7)38(32(5)33(6)39(35)52-41)36(28-37(45)46)40(47)51-27-26-50-25-24-49-23-22-48-21-20-43-44-42/h29-31,36H,9-28H2,1-8H3,(H,45,46)/t30-,31-,36?,41-/m1/s1. The van der Waals surface area contributed by atoms with Crippen LogP contribution in [0.25, 0.3) is 10.4 Å². The highest BCUT2D eigenvalue weighted by atomic mass is 16.6. The van der Waals surface area contributed by atoms with E-state index < -0.39 is 17.9 Å². The molecule has 1 N–H and O–H groups in total. The van der Waals surface area contributed by atoms with Crippen molar-refractivity contribution in [1.29, 1.82) is 0 Å². The van der Waals surface area contributed by atoms with E-state index in [1.54, 1.807) is 0 Å². The summed E-state index contributed by atoms with van der Waals surface area (Å²) in [5, 5.41) is 13.2. The van der Waals surface area contributed by atoms with E-state index in [2.05, 4.69) is 44.6 Å². The predicted octanol–water partition coefficient (Wildman–Crippen LogP) is 9.60. The summed E-state index contributed by atoms with van der Waals surface area (Å²) in [6.45, 7) is 19.8. The van der Waals surface area contributed by atoms with Crippen molar-refractivity contribution in [3.63, 3.8) is 0 Å². The van der Waals surface area contributed by atoms with E-state index in [1.165, 1.54) is 44.9 Å². The molecule has 1 aromatic carbocycles. The minimum atomic E-state index is -1.06. The van der Waals surface area contributed by atoms with Gasteiger partial charge in [-0.1, -0.05) is 77.8 Å². The van der Waals surface area contributed by atoms with Crippen molar-refractivity contribution in [3.05, 3.63) is 38.3 Å². The van der Waals surface area contributed by atoms with Gasteiger partial charge in [0.05, 0.1) is 52.0 Å². The summed E-state index contributed by atoms with van der Waals surface area (Å²) in [4.78, 5) is 28.0. The summed E-state index contributed by atoms with van der Waals surface area (Å²) < 4.78 is 28.6. The van der Waals surface area contributed by atoms with Crippen LogP contribution in [0.1, 0.15) is 139 Å². The minimum absolute atomic E-state index is 0.0111. The molecule has 1 aliphatic rings. The van der Waals surface area contributed by atoms with Gasteiger partial charge in [-0.15, -0.1) is 0 Å². The number of fused-ring (bicyclic) bond motifs is 1. The molecule has 1 aromatic rings. The molecular weight excluding hydrogens is 662 g/mol. The molecule has 1 unspecified atom stereocenters. The molecule has 0 aromatic heterocycles. The average molecular weight is 732 g/mol. The van der Waals surface area contributed by atoms with Crippen LogP contribution in [0.5, 0.6) is 5.75 Å². The number of nitrogens with zero attached hydrogens (tertiary/aromatic N) is 3. The largest absolute Gasteiger partial charge is 0.487 e. The Morgan fingerprint density at radius 1 is 0.827 bits per heavy atom. The molecule has 4 atom stereocenters. The number of esters is 1. The Kier molecular flexibility index (Phi) is 21.3. The third kappa shape index (κ3) is 16.4. The van der Waals surface area contributed by atoms with Crippen molar-refractivity contribution in [2.45, 2.75) is 144 Å². The van der Waals surface area contributed by atoms with E-state index in [1.807, 2.05) is 20.8 Å². The lowest BCUT2D eigenvalue weighted by Crippen LogP contribution is -2.37. The SMILES string of the molecule is Cc1c(C)c(C(CC(=O)O)C(=O)OCCOCCOCCOCCN=[N+]=[N-])c(C)c2c1O[C@](C)(CCC[C@H](C)CCC[C@H](C)CCCC(C)C)CC2. The molecule has 1 heterocycles. The number of ether oxygens (including phenoxy) is 5. The summed E-state index contributed by atoms with van der Waals surface area (Å²) >= 11 is 0. The van der Waals surface area contributed by atoms with Crippen molar-refractivity contribution in [3.8, 4) is 5.75 Å². The number of aliphatic carboxylic acids is 1. The third-order valence-corrected chi connectivity index (χ3v) is 10.6. The molecule has 0 spiro atoms. The number of carbonyl (C=O) groups excluding carboxylic acids is 1. The summed E-state index contributed by atoms with van der Waals surface area (Å²) in [7, 11) is 0. The molecule has 11 nitrogen and oxygen atoms in total. The van der Waals surface area contributed by atoms with Gasteiger partial charge in [0.2, 0.25) is 0 Å². The van der Waals surface area contributed by atoms with Crippen LogP contribution >= 0.6 is 0 Å². The molecule has 0 fully saturated rings. The number of carboxylic acid groups (broad SMARTS) is 1. The Balaban J connectivity index is 1.89. The maximum absolute atomic E-state index is 13.4. The average Bonchev–Trinajstić information content (AvgIpc) is 3.08. The van der Waals surface area contributed by atoms with E-state index >= 15 is 0 Å². The van der Waals surface area contributed by atoms with E-state index in [0.717, 1.165) is 71.1 Å². The molecule has 0 bridgehead atoms. The fraction of sp³-hybridized carbons (Fsp3) is 0.805.